The number of likely N-dealkylation sites (N-methyl/N-ethyl adjacent to an activating group) is 2. The average molecular weight is 284 g/mol. The molecule has 3 N–H and O–H groups in total. The second-order valence-electron chi connectivity index (χ2n) is 5.47. The van der Waals surface area contributed by atoms with Gasteiger partial charge in [0.25, 0.3) is 0 Å². The zero-order chi connectivity index (χ0) is 14.7. The number of nitrogens with two attached hydrogens (primary N) is 1. The Balaban J connectivity index is 2.32. The second-order valence-corrected chi connectivity index (χ2v) is 5.47. The van der Waals surface area contributed by atoms with Gasteiger partial charge in [0.1, 0.15) is 11.6 Å². The molecule has 1 aromatic rings. The maximum atomic E-state index is 14.0. The maximum Gasteiger partial charge on any atom is 0.128 e. The fourth-order valence-corrected chi connectivity index (χ4v) is 2.83. The van der Waals surface area contributed by atoms with Crippen LogP contribution in [-0.4, -0.2) is 49.6 Å². The number of rotatable bonds is 3. The Kier molecular flexibility index (Phi) is 5.04. The highest BCUT2D eigenvalue weighted by molar-refractivity contribution is 5.24. The van der Waals surface area contributed by atoms with Crippen LogP contribution in [0.15, 0.2) is 18.2 Å². The van der Waals surface area contributed by atoms with Gasteiger partial charge in [-0.2, -0.15) is 0 Å². The van der Waals surface area contributed by atoms with Gasteiger partial charge in [-0.15, -0.1) is 0 Å². The van der Waals surface area contributed by atoms with Gasteiger partial charge in [-0.25, -0.2) is 8.78 Å². The van der Waals surface area contributed by atoms with Crippen LogP contribution < -0.4 is 11.3 Å². The van der Waals surface area contributed by atoms with Crippen LogP contribution in [0.5, 0.6) is 0 Å². The molecule has 0 saturated carbocycles. The van der Waals surface area contributed by atoms with Gasteiger partial charge in [-0.1, -0.05) is 0 Å². The molecule has 20 heavy (non-hydrogen) atoms. The molecule has 1 fully saturated rings. The van der Waals surface area contributed by atoms with Crippen molar-refractivity contribution >= 4 is 0 Å². The van der Waals surface area contributed by atoms with Crippen LogP contribution in [0.2, 0.25) is 0 Å². The third kappa shape index (κ3) is 3.32. The lowest BCUT2D eigenvalue weighted by Gasteiger charge is -2.34. The van der Waals surface area contributed by atoms with Crippen LogP contribution in [0, 0.1) is 11.6 Å². The number of nitrogens with one attached hydrogen (secondary N) is 1. The Hall–Kier alpha value is -1.08. The van der Waals surface area contributed by atoms with Crippen molar-refractivity contribution in [2.24, 2.45) is 5.84 Å². The standard InChI is InChI=1S/C14H22F2N4/c1-19-6-3-7-20(2)13(9-19)14(18-17)11-8-10(15)4-5-12(11)16/h4-5,8,13-14,18H,3,6-7,9,17H2,1-2H3. The number of hydrogen-bond donors (Lipinski definition) is 2. The van der Waals surface area contributed by atoms with Crippen molar-refractivity contribution in [3.05, 3.63) is 35.4 Å². The summed E-state index contributed by atoms with van der Waals surface area (Å²) in [5, 5.41) is 0. The van der Waals surface area contributed by atoms with E-state index in [0.717, 1.165) is 38.2 Å². The fourth-order valence-electron chi connectivity index (χ4n) is 2.83. The molecule has 0 aliphatic carbocycles. The normalized spacial score (nSPS) is 23.6. The van der Waals surface area contributed by atoms with Crippen molar-refractivity contribution in [3.8, 4) is 0 Å². The molecule has 0 aromatic heterocycles. The first-order valence-corrected chi connectivity index (χ1v) is 6.82. The van der Waals surface area contributed by atoms with Gasteiger partial charge < -0.3 is 9.80 Å². The Morgan fingerprint density at radius 1 is 1.30 bits per heavy atom. The van der Waals surface area contributed by atoms with Crippen molar-refractivity contribution in [1.82, 2.24) is 15.2 Å². The molecule has 2 atom stereocenters. The van der Waals surface area contributed by atoms with E-state index in [2.05, 4.69) is 15.2 Å². The highest BCUT2D eigenvalue weighted by Crippen LogP contribution is 2.25. The summed E-state index contributed by atoms with van der Waals surface area (Å²) in [5.41, 5.74) is 2.94. The van der Waals surface area contributed by atoms with Crippen LogP contribution >= 0.6 is 0 Å². The molecule has 1 heterocycles. The van der Waals surface area contributed by atoms with E-state index in [1.807, 2.05) is 14.1 Å². The van der Waals surface area contributed by atoms with Crippen molar-refractivity contribution in [1.29, 1.82) is 0 Å². The summed E-state index contributed by atoms with van der Waals surface area (Å²) in [6.07, 6.45) is 1.05. The number of hydrogen-bond acceptors (Lipinski definition) is 4. The van der Waals surface area contributed by atoms with Gasteiger partial charge in [0.2, 0.25) is 0 Å². The van der Waals surface area contributed by atoms with E-state index < -0.39 is 17.7 Å². The van der Waals surface area contributed by atoms with Crippen LogP contribution in [0.25, 0.3) is 0 Å². The molecule has 6 heteroatoms. The summed E-state index contributed by atoms with van der Waals surface area (Å²) in [4.78, 5) is 4.34. The number of nitrogens with zero attached hydrogens (tertiary/aromatic N) is 2. The molecule has 1 aliphatic heterocycles. The minimum Gasteiger partial charge on any atom is -0.305 e. The molecule has 0 amide bonds. The van der Waals surface area contributed by atoms with Crippen LogP contribution in [-0.2, 0) is 0 Å². The SMILES string of the molecule is CN1CCCN(C)C(C(NN)c2cc(F)ccc2F)C1. The number of hydrazine groups is 1. The molecule has 2 rings (SSSR count). The molecular formula is C14H22F2N4. The molecule has 4 nitrogen and oxygen atoms in total. The van der Waals surface area contributed by atoms with E-state index in [1.165, 1.54) is 6.07 Å². The average Bonchev–Trinajstić information content (AvgIpc) is 2.57. The molecule has 112 valence electrons. The van der Waals surface area contributed by atoms with E-state index in [-0.39, 0.29) is 11.6 Å². The zero-order valence-electron chi connectivity index (χ0n) is 11.9. The quantitative estimate of drug-likeness (QED) is 0.644. The van der Waals surface area contributed by atoms with E-state index in [9.17, 15) is 8.78 Å². The fraction of sp³-hybridized carbons (Fsp3) is 0.571. The molecular weight excluding hydrogens is 262 g/mol. The molecule has 1 aliphatic rings. The van der Waals surface area contributed by atoms with Crippen molar-refractivity contribution in [2.45, 2.75) is 18.5 Å². The Bertz CT molecular complexity index is 455. The summed E-state index contributed by atoms with van der Waals surface area (Å²) < 4.78 is 27.4. The topological polar surface area (TPSA) is 44.5 Å². The monoisotopic (exact) mass is 284 g/mol. The molecule has 1 saturated heterocycles. The first kappa shape index (κ1) is 15.3. The highest BCUT2D eigenvalue weighted by Gasteiger charge is 2.30. The van der Waals surface area contributed by atoms with Gasteiger partial charge in [-0.05, 0) is 51.8 Å². The van der Waals surface area contributed by atoms with Gasteiger partial charge in [0, 0.05) is 18.2 Å². The van der Waals surface area contributed by atoms with Gasteiger partial charge in [0.15, 0.2) is 0 Å². The van der Waals surface area contributed by atoms with E-state index in [0.29, 0.717) is 0 Å². The van der Waals surface area contributed by atoms with E-state index in [4.69, 9.17) is 5.84 Å². The van der Waals surface area contributed by atoms with Crippen LogP contribution in [0.3, 0.4) is 0 Å². The summed E-state index contributed by atoms with van der Waals surface area (Å²) >= 11 is 0. The molecule has 0 radical (unpaired) electrons. The molecule has 2 unspecified atom stereocenters. The predicted octanol–water partition coefficient (Wildman–Crippen LogP) is 1.11. The van der Waals surface area contributed by atoms with Crippen LogP contribution in [0.1, 0.15) is 18.0 Å². The molecule has 1 aromatic carbocycles. The van der Waals surface area contributed by atoms with Gasteiger partial charge >= 0.3 is 0 Å². The van der Waals surface area contributed by atoms with E-state index in [1.54, 1.807) is 0 Å². The maximum absolute atomic E-state index is 14.0. The lowest BCUT2D eigenvalue weighted by Crippen LogP contribution is -2.49. The Morgan fingerprint density at radius 3 is 2.75 bits per heavy atom. The Morgan fingerprint density at radius 2 is 2.05 bits per heavy atom. The first-order valence-electron chi connectivity index (χ1n) is 6.82. The summed E-state index contributed by atoms with van der Waals surface area (Å²) in [6, 6.07) is 3.03. The highest BCUT2D eigenvalue weighted by atomic mass is 19.1. The summed E-state index contributed by atoms with van der Waals surface area (Å²) in [7, 11) is 4.02. The number of benzene rings is 1. The first-order chi connectivity index (χ1) is 9.52. The third-order valence-corrected chi connectivity index (χ3v) is 3.97. The smallest absolute Gasteiger partial charge is 0.128 e. The van der Waals surface area contributed by atoms with Crippen molar-refractivity contribution in [3.63, 3.8) is 0 Å². The lowest BCUT2D eigenvalue weighted by atomic mass is 9.97. The zero-order valence-corrected chi connectivity index (χ0v) is 11.9. The van der Waals surface area contributed by atoms with Crippen molar-refractivity contribution in [2.75, 3.05) is 33.7 Å². The largest absolute Gasteiger partial charge is 0.305 e. The minimum absolute atomic E-state index is 0.0104. The number of halogens is 2. The molecule has 0 bridgehead atoms. The van der Waals surface area contributed by atoms with Crippen molar-refractivity contribution < 1.29 is 8.78 Å². The predicted molar refractivity (Wildman–Crippen MR) is 75.0 cm³/mol. The minimum atomic E-state index is -0.453. The van der Waals surface area contributed by atoms with E-state index >= 15 is 0 Å². The van der Waals surface area contributed by atoms with Crippen LogP contribution in [0.4, 0.5) is 8.78 Å². The molecule has 0 spiro atoms. The third-order valence-electron chi connectivity index (χ3n) is 3.97. The lowest BCUT2D eigenvalue weighted by molar-refractivity contribution is 0.176. The second kappa shape index (κ2) is 6.58. The Labute approximate surface area is 118 Å². The summed E-state index contributed by atoms with van der Waals surface area (Å²) in [6.45, 7) is 2.65. The van der Waals surface area contributed by atoms with Gasteiger partial charge in [0.05, 0.1) is 6.04 Å². The van der Waals surface area contributed by atoms with Gasteiger partial charge in [-0.3, -0.25) is 11.3 Å². The summed E-state index contributed by atoms with van der Waals surface area (Å²) in [5.74, 6) is 4.74.